The van der Waals surface area contributed by atoms with Crippen molar-refractivity contribution in [2.75, 3.05) is 0 Å². The fourth-order valence-electron chi connectivity index (χ4n) is 2.92. The first-order chi connectivity index (χ1) is 11.9. The van der Waals surface area contributed by atoms with Crippen LogP contribution in [-0.2, 0) is 0 Å². The van der Waals surface area contributed by atoms with Crippen LogP contribution in [0.4, 0.5) is 0 Å². The lowest BCUT2D eigenvalue weighted by molar-refractivity contribution is 1.33. The molecule has 0 amide bonds. The second kappa shape index (κ2) is 6.51. The van der Waals surface area contributed by atoms with Crippen molar-refractivity contribution in [2.45, 2.75) is 0 Å². The van der Waals surface area contributed by atoms with E-state index in [-0.39, 0.29) is 0 Å². The topological polar surface area (TPSA) is 12.9 Å². The fourth-order valence-corrected chi connectivity index (χ4v) is 2.92. The van der Waals surface area contributed by atoms with Crippen LogP contribution in [0.15, 0.2) is 103 Å². The Hall–Kier alpha value is -3.19. The lowest BCUT2D eigenvalue weighted by atomic mass is 9.97. The number of hydrogen-bond acceptors (Lipinski definition) is 1. The van der Waals surface area contributed by atoms with Crippen molar-refractivity contribution in [3.05, 3.63) is 103 Å². The van der Waals surface area contributed by atoms with Gasteiger partial charge < -0.3 is 0 Å². The maximum absolute atomic E-state index is 4.22. The van der Waals surface area contributed by atoms with Crippen molar-refractivity contribution >= 4 is 0 Å². The number of aromatic nitrogens is 1. The first-order valence-corrected chi connectivity index (χ1v) is 8.06. The summed E-state index contributed by atoms with van der Waals surface area (Å²) in [5, 5.41) is 0. The Bertz CT molecular complexity index is 863. The molecule has 1 heteroatoms. The van der Waals surface area contributed by atoms with Gasteiger partial charge in [-0.3, -0.25) is 4.98 Å². The van der Waals surface area contributed by atoms with Crippen LogP contribution < -0.4 is 0 Å². The van der Waals surface area contributed by atoms with Crippen molar-refractivity contribution in [2.24, 2.45) is 0 Å². The first-order valence-electron chi connectivity index (χ1n) is 8.06. The van der Waals surface area contributed by atoms with Crippen LogP contribution in [0.25, 0.3) is 33.4 Å². The average Bonchev–Trinajstić information content (AvgIpc) is 2.70. The predicted octanol–water partition coefficient (Wildman–Crippen LogP) is 6.08. The summed E-state index contributed by atoms with van der Waals surface area (Å²) in [5.41, 5.74) is 7.24. The highest BCUT2D eigenvalue weighted by molar-refractivity contribution is 5.76. The van der Waals surface area contributed by atoms with Crippen LogP contribution in [0.3, 0.4) is 0 Å². The van der Waals surface area contributed by atoms with Crippen LogP contribution in [0.1, 0.15) is 0 Å². The van der Waals surface area contributed by atoms with E-state index < -0.39 is 0 Å². The standard InChI is InChI=1S/C23H17N/c1-2-7-18(8-3-1)19-9-4-10-20(15-19)21-11-5-12-22(16-21)23-13-6-14-24-17-23/h1-17H. The van der Waals surface area contributed by atoms with Gasteiger partial charge in [0, 0.05) is 18.0 Å². The zero-order chi connectivity index (χ0) is 16.2. The molecule has 0 radical (unpaired) electrons. The van der Waals surface area contributed by atoms with Crippen LogP contribution in [-0.4, -0.2) is 4.98 Å². The number of pyridine rings is 1. The zero-order valence-corrected chi connectivity index (χ0v) is 13.3. The lowest BCUT2D eigenvalue weighted by Gasteiger charge is -2.08. The van der Waals surface area contributed by atoms with E-state index in [1.807, 2.05) is 18.3 Å². The molecule has 3 aromatic carbocycles. The Morgan fingerprint density at radius 1 is 0.417 bits per heavy atom. The molecule has 0 fully saturated rings. The highest BCUT2D eigenvalue weighted by Gasteiger charge is 2.04. The third-order valence-corrected chi connectivity index (χ3v) is 4.16. The van der Waals surface area contributed by atoms with Gasteiger partial charge in [0.15, 0.2) is 0 Å². The molecule has 0 aliphatic rings. The molecule has 1 heterocycles. The third kappa shape index (κ3) is 2.97. The quantitative estimate of drug-likeness (QED) is 0.447. The van der Waals surface area contributed by atoms with Crippen molar-refractivity contribution in [3.63, 3.8) is 0 Å². The smallest absolute Gasteiger partial charge is 0.0346 e. The Balaban J connectivity index is 1.75. The van der Waals surface area contributed by atoms with E-state index in [1.54, 1.807) is 6.20 Å². The van der Waals surface area contributed by atoms with Crippen molar-refractivity contribution in [3.8, 4) is 33.4 Å². The Labute approximate surface area is 142 Å². The first kappa shape index (κ1) is 14.4. The van der Waals surface area contributed by atoms with E-state index in [0.29, 0.717) is 0 Å². The minimum atomic E-state index is 1.14. The molecule has 0 bridgehead atoms. The van der Waals surface area contributed by atoms with E-state index >= 15 is 0 Å². The van der Waals surface area contributed by atoms with Crippen LogP contribution in [0.5, 0.6) is 0 Å². The van der Waals surface area contributed by atoms with E-state index in [4.69, 9.17) is 0 Å². The summed E-state index contributed by atoms with van der Waals surface area (Å²) in [6.07, 6.45) is 3.70. The molecule has 1 nitrogen and oxygen atoms in total. The van der Waals surface area contributed by atoms with Gasteiger partial charge in [0.25, 0.3) is 0 Å². The maximum atomic E-state index is 4.22. The number of hydrogen-bond donors (Lipinski definition) is 0. The Morgan fingerprint density at radius 2 is 0.917 bits per heavy atom. The number of rotatable bonds is 3. The molecule has 0 saturated carbocycles. The molecule has 4 aromatic rings. The van der Waals surface area contributed by atoms with E-state index in [9.17, 15) is 0 Å². The Kier molecular flexibility index (Phi) is 3.91. The molecule has 0 aliphatic heterocycles. The van der Waals surface area contributed by atoms with Gasteiger partial charge in [0.1, 0.15) is 0 Å². The van der Waals surface area contributed by atoms with E-state index in [0.717, 1.165) is 5.56 Å². The van der Waals surface area contributed by atoms with Crippen molar-refractivity contribution in [1.82, 2.24) is 4.98 Å². The summed E-state index contributed by atoms with van der Waals surface area (Å²) in [4.78, 5) is 4.22. The fraction of sp³-hybridized carbons (Fsp3) is 0. The van der Waals surface area contributed by atoms with E-state index in [1.165, 1.54) is 27.8 Å². The highest BCUT2D eigenvalue weighted by atomic mass is 14.6. The maximum Gasteiger partial charge on any atom is 0.0346 e. The molecule has 0 aliphatic carbocycles. The zero-order valence-electron chi connectivity index (χ0n) is 13.3. The summed E-state index contributed by atoms with van der Waals surface area (Å²) in [7, 11) is 0. The largest absolute Gasteiger partial charge is 0.264 e. The molecular weight excluding hydrogens is 290 g/mol. The molecule has 114 valence electrons. The molecule has 0 N–H and O–H groups in total. The van der Waals surface area contributed by atoms with Gasteiger partial charge in [-0.1, -0.05) is 72.8 Å². The monoisotopic (exact) mass is 307 g/mol. The second-order valence-corrected chi connectivity index (χ2v) is 5.77. The van der Waals surface area contributed by atoms with Gasteiger partial charge in [-0.25, -0.2) is 0 Å². The predicted molar refractivity (Wildman–Crippen MR) is 101 cm³/mol. The van der Waals surface area contributed by atoms with Gasteiger partial charge in [-0.05, 0) is 46.0 Å². The van der Waals surface area contributed by atoms with Gasteiger partial charge in [0.05, 0.1) is 0 Å². The average molecular weight is 307 g/mol. The molecule has 0 atom stereocenters. The molecule has 24 heavy (non-hydrogen) atoms. The van der Waals surface area contributed by atoms with E-state index in [2.05, 4.69) is 83.8 Å². The summed E-state index contributed by atoms with van der Waals surface area (Å²) in [5.74, 6) is 0. The molecule has 0 unspecified atom stereocenters. The molecule has 1 aromatic heterocycles. The number of benzene rings is 3. The van der Waals surface area contributed by atoms with Gasteiger partial charge in [-0.15, -0.1) is 0 Å². The van der Waals surface area contributed by atoms with Crippen LogP contribution in [0.2, 0.25) is 0 Å². The molecule has 0 saturated heterocycles. The highest BCUT2D eigenvalue weighted by Crippen LogP contribution is 2.29. The third-order valence-electron chi connectivity index (χ3n) is 4.16. The molecule has 4 rings (SSSR count). The van der Waals surface area contributed by atoms with Gasteiger partial charge in [0.2, 0.25) is 0 Å². The SMILES string of the molecule is c1ccc(-c2cccc(-c3cccc(-c4cccnc4)c3)c2)cc1. The summed E-state index contributed by atoms with van der Waals surface area (Å²) in [6, 6.07) is 31.8. The number of nitrogens with zero attached hydrogens (tertiary/aromatic N) is 1. The minimum Gasteiger partial charge on any atom is -0.264 e. The summed E-state index contributed by atoms with van der Waals surface area (Å²) in [6.45, 7) is 0. The second-order valence-electron chi connectivity index (χ2n) is 5.77. The van der Waals surface area contributed by atoms with Crippen LogP contribution in [0, 0.1) is 0 Å². The van der Waals surface area contributed by atoms with Gasteiger partial charge in [-0.2, -0.15) is 0 Å². The summed E-state index contributed by atoms with van der Waals surface area (Å²) < 4.78 is 0. The Morgan fingerprint density at radius 3 is 1.50 bits per heavy atom. The molecule has 0 spiro atoms. The van der Waals surface area contributed by atoms with Crippen LogP contribution >= 0.6 is 0 Å². The van der Waals surface area contributed by atoms with Gasteiger partial charge >= 0.3 is 0 Å². The molecular formula is C23H17N. The van der Waals surface area contributed by atoms with Crippen molar-refractivity contribution in [1.29, 1.82) is 0 Å². The lowest BCUT2D eigenvalue weighted by Crippen LogP contribution is -1.83. The minimum absolute atomic E-state index is 1.14. The summed E-state index contributed by atoms with van der Waals surface area (Å²) >= 11 is 0. The normalized spacial score (nSPS) is 10.5. The van der Waals surface area contributed by atoms with Crippen molar-refractivity contribution < 1.29 is 0 Å².